The van der Waals surface area contributed by atoms with Crippen LogP contribution in [0.1, 0.15) is 53.4 Å². The number of carbonyl (C=O) groups is 2. The maximum Gasteiger partial charge on any atom is 0.348 e. The fourth-order valence-corrected chi connectivity index (χ4v) is 5.50. The van der Waals surface area contributed by atoms with E-state index in [0.717, 1.165) is 24.8 Å². The molecule has 0 amide bonds. The highest BCUT2D eigenvalue weighted by molar-refractivity contribution is 6.20. The summed E-state index contributed by atoms with van der Waals surface area (Å²) < 4.78 is 5.66. The third-order valence-electron chi connectivity index (χ3n) is 6.95. The molecule has 1 saturated carbocycles. The molecule has 4 heteroatoms. The number of esters is 1. The molecule has 130 valence electrons. The van der Waals surface area contributed by atoms with Crippen LogP contribution < -0.4 is 0 Å². The van der Waals surface area contributed by atoms with Gasteiger partial charge in [0.1, 0.15) is 6.10 Å². The zero-order chi connectivity index (χ0) is 17.5. The van der Waals surface area contributed by atoms with Crippen molar-refractivity contribution in [1.82, 2.24) is 0 Å². The SMILES string of the molecule is CC(C)C1=CC23CCC4C(=CCCC4(C)C)C2OC(=O)C3(O)C1=O. The van der Waals surface area contributed by atoms with Crippen molar-refractivity contribution in [3.05, 3.63) is 23.3 Å². The highest BCUT2D eigenvalue weighted by atomic mass is 16.6. The first-order valence-electron chi connectivity index (χ1n) is 9.06. The van der Waals surface area contributed by atoms with Crippen LogP contribution >= 0.6 is 0 Å². The highest BCUT2D eigenvalue weighted by Gasteiger charge is 2.75. The van der Waals surface area contributed by atoms with Gasteiger partial charge in [0.25, 0.3) is 0 Å². The maximum absolute atomic E-state index is 12.9. The Labute approximate surface area is 143 Å². The van der Waals surface area contributed by atoms with Crippen molar-refractivity contribution in [2.75, 3.05) is 0 Å². The highest BCUT2D eigenvalue weighted by Crippen LogP contribution is 2.63. The van der Waals surface area contributed by atoms with Crippen LogP contribution in [0, 0.1) is 22.7 Å². The van der Waals surface area contributed by atoms with Crippen molar-refractivity contribution in [2.45, 2.75) is 65.1 Å². The van der Waals surface area contributed by atoms with E-state index in [9.17, 15) is 14.7 Å². The van der Waals surface area contributed by atoms with Crippen molar-refractivity contribution < 1.29 is 19.4 Å². The van der Waals surface area contributed by atoms with Crippen molar-refractivity contribution in [3.63, 3.8) is 0 Å². The first-order valence-corrected chi connectivity index (χ1v) is 9.06. The molecular formula is C20H26O4. The second kappa shape index (κ2) is 4.60. The van der Waals surface area contributed by atoms with Gasteiger partial charge in [0.15, 0.2) is 0 Å². The molecule has 1 saturated heterocycles. The van der Waals surface area contributed by atoms with Gasteiger partial charge in [-0.15, -0.1) is 0 Å². The third-order valence-corrected chi connectivity index (χ3v) is 6.95. The Bertz CT molecular complexity index is 698. The summed E-state index contributed by atoms with van der Waals surface area (Å²) >= 11 is 0. The number of aliphatic hydroxyl groups is 1. The average Bonchev–Trinajstić information content (AvgIpc) is 2.86. The first kappa shape index (κ1) is 16.1. The van der Waals surface area contributed by atoms with Gasteiger partial charge in [-0.05, 0) is 54.1 Å². The minimum atomic E-state index is -2.02. The molecule has 4 unspecified atom stereocenters. The van der Waals surface area contributed by atoms with Crippen LogP contribution in [0.5, 0.6) is 0 Å². The van der Waals surface area contributed by atoms with E-state index in [1.165, 1.54) is 0 Å². The van der Waals surface area contributed by atoms with Gasteiger partial charge < -0.3 is 9.84 Å². The topological polar surface area (TPSA) is 63.6 Å². The Morgan fingerprint density at radius 1 is 1.25 bits per heavy atom. The lowest BCUT2D eigenvalue weighted by Crippen LogP contribution is -2.56. The summed E-state index contributed by atoms with van der Waals surface area (Å²) in [6.45, 7) is 8.39. The van der Waals surface area contributed by atoms with E-state index in [1.807, 2.05) is 19.9 Å². The van der Waals surface area contributed by atoms with Crippen LogP contribution in [0.3, 0.4) is 0 Å². The number of allylic oxidation sites excluding steroid dienone is 1. The number of hydrogen-bond acceptors (Lipinski definition) is 4. The van der Waals surface area contributed by atoms with Crippen LogP contribution in [0.4, 0.5) is 0 Å². The summed E-state index contributed by atoms with van der Waals surface area (Å²) in [5, 5.41) is 11.2. The van der Waals surface area contributed by atoms with Gasteiger partial charge in [-0.3, -0.25) is 4.79 Å². The average molecular weight is 330 g/mol. The van der Waals surface area contributed by atoms with Crippen LogP contribution in [0.15, 0.2) is 23.3 Å². The molecule has 0 aromatic rings. The summed E-state index contributed by atoms with van der Waals surface area (Å²) in [6.07, 6.45) is 7.15. The van der Waals surface area contributed by atoms with E-state index in [-0.39, 0.29) is 11.3 Å². The minimum Gasteiger partial charge on any atom is -0.454 e. The van der Waals surface area contributed by atoms with Gasteiger partial charge in [-0.1, -0.05) is 39.8 Å². The maximum atomic E-state index is 12.9. The molecule has 1 N–H and O–H groups in total. The Hall–Kier alpha value is -1.42. The molecule has 4 rings (SSSR count). The number of ether oxygens (including phenoxy) is 1. The lowest BCUT2D eigenvalue weighted by atomic mass is 9.54. The Balaban J connectivity index is 1.87. The number of carbonyl (C=O) groups excluding carboxylic acids is 2. The summed E-state index contributed by atoms with van der Waals surface area (Å²) in [4.78, 5) is 25.5. The van der Waals surface area contributed by atoms with E-state index in [0.29, 0.717) is 17.9 Å². The zero-order valence-electron chi connectivity index (χ0n) is 14.9. The fourth-order valence-electron chi connectivity index (χ4n) is 5.50. The second-order valence-electron chi connectivity index (χ2n) is 8.94. The summed E-state index contributed by atoms with van der Waals surface area (Å²) in [6, 6.07) is 0. The van der Waals surface area contributed by atoms with E-state index in [1.54, 1.807) is 0 Å². The smallest absolute Gasteiger partial charge is 0.348 e. The Kier molecular flexibility index (Phi) is 3.08. The Morgan fingerprint density at radius 3 is 2.62 bits per heavy atom. The van der Waals surface area contributed by atoms with E-state index in [2.05, 4.69) is 19.9 Å². The van der Waals surface area contributed by atoms with Gasteiger partial charge in [-0.25, -0.2) is 4.79 Å². The molecule has 1 spiro atoms. The van der Waals surface area contributed by atoms with E-state index < -0.39 is 28.9 Å². The van der Waals surface area contributed by atoms with Crippen molar-refractivity contribution in [3.8, 4) is 0 Å². The molecule has 0 bridgehead atoms. The van der Waals surface area contributed by atoms with Gasteiger partial charge in [-0.2, -0.15) is 0 Å². The van der Waals surface area contributed by atoms with Crippen LogP contribution in [0.2, 0.25) is 0 Å². The first-order chi connectivity index (χ1) is 11.1. The van der Waals surface area contributed by atoms with Gasteiger partial charge in [0.05, 0.1) is 5.41 Å². The van der Waals surface area contributed by atoms with Gasteiger partial charge in [0, 0.05) is 0 Å². The molecule has 3 aliphatic carbocycles. The van der Waals surface area contributed by atoms with Crippen LogP contribution in [0.25, 0.3) is 0 Å². The van der Waals surface area contributed by atoms with Crippen molar-refractivity contribution in [1.29, 1.82) is 0 Å². The fraction of sp³-hybridized carbons (Fsp3) is 0.700. The molecule has 0 radical (unpaired) electrons. The molecule has 0 aromatic heterocycles. The summed E-state index contributed by atoms with van der Waals surface area (Å²) in [5.74, 6) is -0.860. The van der Waals surface area contributed by atoms with Crippen molar-refractivity contribution in [2.24, 2.45) is 22.7 Å². The third kappa shape index (κ3) is 1.63. The lowest BCUT2D eigenvalue weighted by Gasteiger charge is -2.49. The quantitative estimate of drug-likeness (QED) is 0.456. The largest absolute Gasteiger partial charge is 0.454 e. The number of rotatable bonds is 1. The monoisotopic (exact) mass is 330 g/mol. The predicted octanol–water partition coefficient (Wildman–Crippen LogP) is 2.95. The summed E-state index contributed by atoms with van der Waals surface area (Å²) in [5.41, 5.74) is -1.07. The van der Waals surface area contributed by atoms with Crippen LogP contribution in [-0.4, -0.2) is 28.6 Å². The van der Waals surface area contributed by atoms with E-state index >= 15 is 0 Å². The Morgan fingerprint density at radius 2 is 1.96 bits per heavy atom. The molecule has 0 aromatic carbocycles. The molecule has 24 heavy (non-hydrogen) atoms. The minimum absolute atomic E-state index is 0.00977. The van der Waals surface area contributed by atoms with Gasteiger partial charge >= 0.3 is 5.97 Å². The second-order valence-corrected chi connectivity index (χ2v) is 8.94. The lowest BCUT2D eigenvalue weighted by molar-refractivity contribution is -0.161. The molecule has 4 aliphatic rings. The molecule has 4 atom stereocenters. The molecule has 2 fully saturated rings. The number of ketones is 1. The van der Waals surface area contributed by atoms with E-state index in [4.69, 9.17) is 4.74 Å². The normalized spacial score (nSPS) is 42.9. The van der Waals surface area contributed by atoms with Gasteiger partial charge in [0.2, 0.25) is 11.4 Å². The number of fused-ring (bicyclic) bond motifs is 2. The molecule has 4 nitrogen and oxygen atoms in total. The summed E-state index contributed by atoms with van der Waals surface area (Å²) in [7, 11) is 0. The standard InChI is InChI=1S/C20H26O4/c1-11(2)13-10-19-9-7-14-12(6-5-8-18(14,3)4)16(19)24-17(22)20(19,23)15(13)21/h6,10-11,14,16,23H,5,7-9H2,1-4H3. The molecule has 1 aliphatic heterocycles. The van der Waals surface area contributed by atoms with Crippen molar-refractivity contribution >= 4 is 11.8 Å². The zero-order valence-corrected chi connectivity index (χ0v) is 14.9. The van der Waals surface area contributed by atoms with Crippen LogP contribution in [-0.2, 0) is 14.3 Å². The molecular weight excluding hydrogens is 304 g/mol. The number of hydrogen-bond donors (Lipinski definition) is 1. The number of Topliss-reactive ketones (excluding diaryl/α,β-unsaturated/α-hetero) is 1. The predicted molar refractivity (Wildman–Crippen MR) is 89.0 cm³/mol. The molecule has 1 heterocycles.